The Balaban J connectivity index is 1.74. The zero-order chi connectivity index (χ0) is 13.0. The van der Waals surface area contributed by atoms with Crippen molar-refractivity contribution < 1.29 is 9.47 Å². The van der Waals surface area contributed by atoms with Gasteiger partial charge in [0.1, 0.15) is 0 Å². The van der Waals surface area contributed by atoms with E-state index in [2.05, 4.69) is 17.3 Å². The molecule has 4 nitrogen and oxygen atoms in total. The second-order valence-electron chi connectivity index (χ2n) is 5.68. The molecular weight excluding hydrogens is 228 g/mol. The largest absolute Gasteiger partial charge is 0.377 e. The fourth-order valence-electron chi connectivity index (χ4n) is 3.56. The summed E-state index contributed by atoms with van der Waals surface area (Å²) in [4.78, 5) is 2.49. The van der Waals surface area contributed by atoms with Crippen LogP contribution in [0.5, 0.6) is 0 Å². The maximum absolute atomic E-state index is 5.48. The molecule has 18 heavy (non-hydrogen) atoms. The summed E-state index contributed by atoms with van der Waals surface area (Å²) in [5.41, 5.74) is 0. The van der Waals surface area contributed by atoms with Crippen molar-refractivity contribution in [2.45, 2.75) is 43.9 Å². The van der Waals surface area contributed by atoms with Crippen LogP contribution in [0.4, 0.5) is 0 Å². The summed E-state index contributed by atoms with van der Waals surface area (Å²) in [6.07, 6.45) is 5.93. The third kappa shape index (κ3) is 3.23. The van der Waals surface area contributed by atoms with Crippen LogP contribution in [0.1, 0.15) is 25.7 Å². The summed E-state index contributed by atoms with van der Waals surface area (Å²) >= 11 is 0. The molecule has 1 saturated carbocycles. The Hall–Kier alpha value is -0.160. The predicted molar refractivity (Wildman–Crippen MR) is 72.8 cm³/mol. The van der Waals surface area contributed by atoms with E-state index in [0.29, 0.717) is 0 Å². The molecule has 1 N–H and O–H groups in total. The van der Waals surface area contributed by atoms with Crippen molar-refractivity contribution in [3.05, 3.63) is 0 Å². The number of hydrogen-bond acceptors (Lipinski definition) is 4. The first-order valence-electron chi connectivity index (χ1n) is 7.23. The molecule has 1 saturated heterocycles. The lowest BCUT2D eigenvalue weighted by atomic mass is 9.99. The van der Waals surface area contributed by atoms with Crippen LogP contribution in [0.25, 0.3) is 0 Å². The molecule has 0 aromatic carbocycles. The molecular formula is C14H28N2O2. The molecule has 1 aliphatic heterocycles. The number of rotatable bonds is 6. The SMILES string of the molecule is CNC1CCCC1CCN1CC(OC)C(OC)C1. The molecule has 1 heterocycles. The Morgan fingerprint density at radius 3 is 2.33 bits per heavy atom. The third-order valence-electron chi connectivity index (χ3n) is 4.74. The summed E-state index contributed by atoms with van der Waals surface area (Å²) in [7, 11) is 5.67. The Labute approximate surface area is 111 Å². The molecule has 0 aromatic heterocycles. The third-order valence-corrected chi connectivity index (χ3v) is 4.74. The highest BCUT2D eigenvalue weighted by molar-refractivity contribution is 4.88. The minimum Gasteiger partial charge on any atom is -0.377 e. The Morgan fingerprint density at radius 1 is 1.11 bits per heavy atom. The van der Waals surface area contributed by atoms with Crippen molar-refractivity contribution in [3.63, 3.8) is 0 Å². The number of likely N-dealkylation sites (tertiary alicyclic amines) is 1. The van der Waals surface area contributed by atoms with Crippen LogP contribution in [0.2, 0.25) is 0 Å². The second kappa shape index (κ2) is 6.85. The van der Waals surface area contributed by atoms with Crippen LogP contribution in [0, 0.1) is 5.92 Å². The first-order chi connectivity index (χ1) is 8.78. The molecule has 2 rings (SSSR count). The number of nitrogens with one attached hydrogen (secondary N) is 1. The van der Waals surface area contributed by atoms with Crippen molar-refractivity contribution >= 4 is 0 Å². The smallest absolute Gasteiger partial charge is 0.0971 e. The lowest BCUT2D eigenvalue weighted by Gasteiger charge is -2.22. The first kappa shape index (κ1) is 14.3. The topological polar surface area (TPSA) is 33.7 Å². The highest BCUT2D eigenvalue weighted by Crippen LogP contribution is 2.29. The van der Waals surface area contributed by atoms with Gasteiger partial charge in [0.05, 0.1) is 12.2 Å². The van der Waals surface area contributed by atoms with Gasteiger partial charge in [0.15, 0.2) is 0 Å². The van der Waals surface area contributed by atoms with Crippen molar-refractivity contribution in [1.82, 2.24) is 10.2 Å². The number of ether oxygens (including phenoxy) is 2. The number of methoxy groups -OCH3 is 2. The van der Waals surface area contributed by atoms with Crippen molar-refractivity contribution in [2.24, 2.45) is 5.92 Å². The van der Waals surface area contributed by atoms with E-state index in [0.717, 1.165) is 25.0 Å². The molecule has 1 aliphatic carbocycles. The summed E-state index contributed by atoms with van der Waals surface area (Å²) in [5.74, 6) is 0.859. The van der Waals surface area contributed by atoms with Crippen LogP contribution in [-0.4, -0.2) is 64.1 Å². The van der Waals surface area contributed by atoms with E-state index >= 15 is 0 Å². The van der Waals surface area contributed by atoms with Gasteiger partial charge in [0, 0.05) is 33.4 Å². The van der Waals surface area contributed by atoms with Gasteiger partial charge in [-0.2, -0.15) is 0 Å². The van der Waals surface area contributed by atoms with Gasteiger partial charge in [-0.15, -0.1) is 0 Å². The molecule has 4 heteroatoms. The van der Waals surface area contributed by atoms with Crippen LogP contribution < -0.4 is 5.32 Å². The molecule has 4 atom stereocenters. The summed E-state index contributed by atoms with van der Waals surface area (Å²) in [5, 5.41) is 3.46. The van der Waals surface area contributed by atoms with Crippen LogP contribution in [0.15, 0.2) is 0 Å². The fraction of sp³-hybridized carbons (Fsp3) is 1.00. The Kier molecular flexibility index (Phi) is 5.42. The number of nitrogens with zero attached hydrogens (tertiary/aromatic N) is 1. The predicted octanol–water partition coefficient (Wildman–Crippen LogP) is 1.11. The minimum atomic E-state index is 0.249. The molecule has 0 bridgehead atoms. The highest BCUT2D eigenvalue weighted by atomic mass is 16.5. The molecule has 2 fully saturated rings. The van der Waals surface area contributed by atoms with Gasteiger partial charge in [0.2, 0.25) is 0 Å². The fourth-order valence-corrected chi connectivity index (χ4v) is 3.56. The second-order valence-corrected chi connectivity index (χ2v) is 5.68. The average molecular weight is 256 g/mol. The van der Waals surface area contributed by atoms with Crippen LogP contribution in [-0.2, 0) is 9.47 Å². The molecule has 0 aromatic rings. The molecule has 4 unspecified atom stereocenters. The Morgan fingerprint density at radius 2 is 1.78 bits per heavy atom. The molecule has 0 spiro atoms. The first-order valence-corrected chi connectivity index (χ1v) is 7.23. The molecule has 106 valence electrons. The van der Waals surface area contributed by atoms with E-state index < -0.39 is 0 Å². The van der Waals surface area contributed by atoms with E-state index in [1.165, 1.54) is 32.2 Å². The maximum atomic E-state index is 5.48. The van der Waals surface area contributed by atoms with Gasteiger partial charge in [-0.05, 0) is 38.8 Å². The van der Waals surface area contributed by atoms with Gasteiger partial charge in [-0.25, -0.2) is 0 Å². The standard InChI is InChI=1S/C14H28N2O2/c1-15-12-6-4-5-11(12)7-8-16-9-13(17-2)14(10-16)18-3/h11-15H,4-10H2,1-3H3. The highest BCUT2D eigenvalue weighted by Gasteiger charge is 2.33. The summed E-state index contributed by atoms with van der Waals surface area (Å²) < 4.78 is 11.0. The van der Waals surface area contributed by atoms with Gasteiger partial charge in [-0.1, -0.05) is 6.42 Å². The van der Waals surface area contributed by atoms with E-state index in [1.54, 1.807) is 14.2 Å². The summed E-state index contributed by atoms with van der Waals surface area (Å²) in [6.45, 7) is 3.22. The van der Waals surface area contributed by atoms with Gasteiger partial charge >= 0.3 is 0 Å². The maximum Gasteiger partial charge on any atom is 0.0971 e. The van der Waals surface area contributed by atoms with Crippen LogP contribution in [0.3, 0.4) is 0 Å². The lowest BCUT2D eigenvalue weighted by molar-refractivity contribution is -0.00461. The molecule has 0 radical (unpaired) electrons. The normalized spacial score (nSPS) is 37.5. The Bertz CT molecular complexity index is 238. The van der Waals surface area contributed by atoms with Crippen LogP contribution >= 0.6 is 0 Å². The van der Waals surface area contributed by atoms with E-state index in [-0.39, 0.29) is 12.2 Å². The zero-order valence-corrected chi connectivity index (χ0v) is 12.0. The van der Waals surface area contributed by atoms with Gasteiger partial charge in [-0.3, -0.25) is 4.90 Å². The van der Waals surface area contributed by atoms with E-state index in [9.17, 15) is 0 Å². The monoisotopic (exact) mass is 256 g/mol. The van der Waals surface area contributed by atoms with Crippen molar-refractivity contribution in [3.8, 4) is 0 Å². The number of hydrogen-bond donors (Lipinski definition) is 1. The van der Waals surface area contributed by atoms with Gasteiger partial charge < -0.3 is 14.8 Å². The average Bonchev–Trinajstić information content (AvgIpc) is 3.01. The van der Waals surface area contributed by atoms with Crippen molar-refractivity contribution in [2.75, 3.05) is 40.9 Å². The van der Waals surface area contributed by atoms with E-state index in [1.807, 2.05) is 0 Å². The zero-order valence-electron chi connectivity index (χ0n) is 12.0. The summed E-state index contributed by atoms with van der Waals surface area (Å²) in [6, 6.07) is 0.740. The molecule has 0 amide bonds. The van der Waals surface area contributed by atoms with E-state index in [4.69, 9.17) is 9.47 Å². The minimum absolute atomic E-state index is 0.249. The van der Waals surface area contributed by atoms with Crippen molar-refractivity contribution in [1.29, 1.82) is 0 Å². The van der Waals surface area contributed by atoms with Gasteiger partial charge in [0.25, 0.3) is 0 Å². The molecule has 2 aliphatic rings. The quantitative estimate of drug-likeness (QED) is 0.772. The lowest BCUT2D eigenvalue weighted by Crippen LogP contribution is -2.32.